The number of hydrogen-bond donors (Lipinski definition) is 1. The lowest BCUT2D eigenvalue weighted by Gasteiger charge is -2.32. The molecule has 1 saturated carbocycles. The van der Waals surface area contributed by atoms with Crippen LogP contribution in [0.4, 0.5) is 24.7 Å². The summed E-state index contributed by atoms with van der Waals surface area (Å²) < 4.78 is 50.9. The molecule has 0 bridgehead atoms. The maximum atomic E-state index is 13.6. The number of fused-ring (bicyclic) bond motifs is 1. The number of methoxy groups -OCH3 is 2. The summed E-state index contributed by atoms with van der Waals surface area (Å²) in [5.41, 5.74) is 1.18. The van der Waals surface area contributed by atoms with E-state index >= 15 is 0 Å². The Morgan fingerprint density at radius 2 is 1.87 bits per heavy atom. The molecule has 1 amide bonds. The van der Waals surface area contributed by atoms with Crippen molar-refractivity contribution in [1.82, 2.24) is 19.9 Å². The molecular weight excluding hydrogens is 501 g/mol. The number of anilines is 2. The van der Waals surface area contributed by atoms with Crippen molar-refractivity contribution in [1.29, 1.82) is 0 Å². The topological polar surface area (TPSA) is 92.7 Å². The molecule has 4 heterocycles. The Morgan fingerprint density at radius 3 is 2.58 bits per heavy atom. The van der Waals surface area contributed by atoms with E-state index in [1.54, 1.807) is 7.11 Å². The van der Waals surface area contributed by atoms with Crippen LogP contribution in [0.25, 0.3) is 0 Å². The Kier molecular flexibility index (Phi) is 7.60. The third-order valence-corrected chi connectivity index (χ3v) is 7.90. The number of carbonyl (C=O) groups excluding carboxylic acids is 1. The Hall–Kier alpha value is -3.15. The van der Waals surface area contributed by atoms with E-state index in [9.17, 15) is 18.0 Å². The van der Waals surface area contributed by atoms with Crippen molar-refractivity contribution in [2.75, 3.05) is 44.1 Å². The minimum atomic E-state index is -4.58. The maximum absolute atomic E-state index is 13.6. The molecule has 0 aromatic carbocycles. The highest BCUT2D eigenvalue weighted by Gasteiger charge is 2.37. The fraction of sp³-hybridized carbons (Fsp3) is 0.615. The molecule has 0 spiro atoms. The first-order chi connectivity index (χ1) is 18.3. The summed E-state index contributed by atoms with van der Waals surface area (Å²) in [4.78, 5) is 29.7. The zero-order valence-corrected chi connectivity index (χ0v) is 21.6. The quantitative estimate of drug-likeness (QED) is 0.600. The van der Waals surface area contributed by atoms with Gasteiger partial charge < -0.3 is 24.6 Å². The molecule has 1 saturated heterocycles. The Balaban J connectivity index is 1.26. The number of nitrogens with one attached hydrogen (secondary N) is 1. The number of nitrogens with zero attached hydrogens (tertiary/aromatic N) is 5. The lowest BCUT2D eigenvalue weighted by Crippen LogP contribution is -2.38. The summed E-state index contributed by atoms with van der Waals surface area (Å²) in [5.74, 6) is 0.487. The number of aromatic nitrogens is 3. The van der Waals surface area contributed by atoms with Gasteiger partial charge in [-0.25, -0.2) is 15.0 Å². The van der Waals surface area contributed by atoms with Crippen LogP contribution in [0.2, 0.25) is 0 Å². The zero-order valence-electron chi connectivity index (χ0n) is 21.6. The highest BCUT2D eigenvalue weighted by Crippen LogP contribution is 2.38. The maximum Gasteiger partial charge on any atom is 0.421 e. The Bertz CT molecular complexity index is 1160. The number of amides is 1. The molecule has 3 aliphatic rings. The van der Waals surface area contributed by atoms with Crippen LogP contribution in [0.5, 0.6) is 5.88 Å². The summed E-state index contributed by atoms with van der Waals surface area (Å²) >= 11 is 0. The van der Waals surface area contributed by atoms with Gasteiger partial charge in [0.1, 0.15) is 17.7 Å². The van der Waals surface area contributed by atoms with E-state index in [-0.39, 0.29) is 24.0 Å². The number of pyridine rings is 1. The normalized spacial score (nSPS) is 23.8. The van der Waals surface area contributed by atoms with Crippen LogP contribution < -0.4 is 15.0 Å². The van der Waals surface area contributed by atoms with Crippen LogP contribution in [-0.4, -0.2) is 71.8 Å². The van der Waals surface area contributed by atoms with Crippen LogP contribution in [0, 0.1) is 5.92 Å². The molecule has 12 heteroatoms. The average molecular weight is 535 g/mol. The largest absolute Gasteiger partial charge is 0.481 e. The van der Waals surface area contributed by atoms with Crippen molar-refractivity contribution in [2.45, 2.75) is 63.4 Å². The third kappa shape index (κ3) is 5.50. The van der Waals surface area contributed by atoms with Gasteiger partial charge in [-0.3, -0.25) is 4.79 Å². The number of rotatable bonds is 6. The van der Waals surface area contributed by atoms with Crippen LogP contribution >= 0.6 is 0 Å². The van der Waals surface area contributed by atoms with Crippen LogP contribution in [0.15, 0.2) is 18.6 Å². The lowest BCUT2D eigenvalue weighted by atomic mass is 9.86. The molecule has 5 rings (SSSR count). The molecule has 0 radical (unpaired) electrons. The highest BCUT2D eigenvalue weighted by atomic mass is 19.4. The van der Waals surface area contributed by atoms with Gasteiger partial charge in [-0.05, 0) is 38.2 Å². The number of likely N-dealkylation sites (tertiary alicyclic amines) is 1. The fourth-order valence-electron chi connectivity index (χ4n) is 5.74. The summed E-state index contributed by atoms with van der Waals surface area (Å²) in [6.07, 6.45) is 3.51. The van der Waals surface area contributed by atoms with Crippen molar-refractivity contribution in [2.24, 2.45) is 5.92 Å². The van der Waals surface area contributed by atoms with E-state index in [2.05, 4.69) is 20.3 Å². The molecule has 2 aromatic rings. The van der Waals surface area contributed by atoms with Crippen molar-refractivity contribution in [3.8, 4) is 5.88 Å². The molecule has 206 valence electrons. The number of halogens is 3. The summed E-state index contributed by atoms with van der Waals surface area (Å²) in [6.45, 7) is 2.15. The highest BCUT2D eigenvalue weighted by molar-refractivity contribution is 5.79. The third-order valence-electron chi connectivity index (χ3n) is 7.90. The first-order valence-corrected chi connectivity index (χ1v) is 13.0. The molecule has 2 aliphatic heterocycles. The van der Waals surface area contributed by atoms with Gasteiger partial charge in [-0.2, -0.15) is 13.2 Å². The summed E-state index contributed by atoms with van der Waals surface area (Å²) in [5, 5.41) is 3.49. The van der Waals surface area contributed by atoms with Crippen molar-refractivity contribution < 1.29 is 27.4 Å². The van der Waals surface area contributed by atoms with E-state index in [0.29, 0.717) is 44.1 Å². The van der Waals surface area contributed by atoms with Crippen molar-refractivity contribution in [3.63, 3.8) is 0 Å². The Labute approximate surface area is 219 Å². The molecule has 38 heavy (non-hydrogen) atoms. The van der Waals surface area contributed by atoms with E-state index in [0.717, 1.165) is 49.4 Å². The minimum Gasteiger partial charge on any atom is -0.481 e. The number of alkyl halides is 3. The van der Waals surface area contributed by atoms with Gasteiger partial charge in [-0.1, -0.05) is 0 Å². The minimum absolute atomic E-state index is 0.0446. The van der Waals surface area contributed by atoms with Gasteiger partial charge in [0.2, 0.25) is 11.8 Å². The first kappa shape index (κ1) is 26.5. The predicted octanol–water partition coefficient (Wildman–Crippen LogP) is 3.68. The molecule has 9 nitrogen and oxygen atoms in total. The van der Waals surface area contributed by atoms with Crippen molar-refractivity contribution in [3.05, 3.63) is 35.4 Å². The fourth-order valence-corrected chi connectivity index (χ4v) is 5.74. The molecule has 1 atom stereocenters. The second kappa shape index (κ2) is 10.9. The summed E-state index contributed by atoms with van der Waals surface area (Å²) in [6, 6.07) is 1.12. The monoisotopic (exact) mass is 534 g/mol. The van der Waals surface area contributed by atoms with E-state index in [1.807, 2.05) is 9.80 Å². The van der Waals surface area contributed by atoms with E-state index in [4.69, 9.17) is 9.47 Å². The smallest absolute Gasteiger partial charge is 0.421 e. The number of hydrogen-bond acceptors (Lipinski definition) is 8. The number of carbonyl (C=O) groups is 1. The van der Waals surface area contributed by atoms with Gasteiger partial charge in [0.25, 0.3) is 0 Å². The SMILES string of the molecule is COc1ncc(N2CCc3ncnc(NC4CCN(C(=O)C5CCC(OC)CC5)C4)c3C2)cc1C(F)(F)F. The van der Waals surface area contributed by atoms with Crippen LogP contribution in [0.3, 0.4) is 0 Å². The van der Waals surface area contributed by atoms with Crippen molar-refractivity contribution >= 4 is 17.4 Å². The molecule has 1 unspecified atom stereocenters. The zero-order chi connectivity index (χ0) is 26.9. The van der Waals surface area contributed by atoms with Gasteiger partial charge in [-0.15, -0.1) is 0 Å². The Morgan fingerprint density at radius 1 is 1.08 bits per heavy atom. The van der Waals surface area contributed by atoms with Crippen LogP contribution in [0.1, 0.15) is 48.9 Å². The molecule has 2 fully saturated rings. The van der Waals surface area contributed by atoms with Crippen LogP contribution in [-0.2, 0) is 28.7 Å². The van der Waals surface area contributed by atoms with Gasteiger partial charge in [0, 0.05) is 57.2 Å². The standard InChI is InChI=1S/C26H33F3N6O3/c1-37-19-5-3-16(4-6-19)25(36)35-9-7-17(13-35)33-23-20-14-34(10-8-22(20)31-15-32-23)18-11-21(26(27,28)29)24(38-2)30-12-18/h11-12,15-17,19H,3-10,13-14H2,1-2H3,(H,31,32,33). The van der Waals surface area contributed by atoms with Gasteiger partial charge in [0.15, 0.2) is 0 Å². The average Bonchev–Trinajstić information content (AvgIpc) is 3.40. The van der Waals surface area contributed by atoms with E-state index in [1.165, 1.54) is 19.6 Å². The molecular formula is C26H33F3N6O3. The predicted molar refractivity (Wildman–Crippen MR) is 134 cm³/mol. The van der Waals surface area contributed by atoms with E-state index < -0.39 is 17.6 Å². The second-order valence-corrected chi connectivity index (χ2v) is 10.2. The van der Waals surface area contributed by atoms with Gasteiger partial charge >= 0.3 is 6.18 Å². The number of ether oxygens (including phenoxy) is 2. The summed E-state index contributed by atoms with van der Waals surface area (Å²) in [7, 11) is 2.90. The molecule has 1 aliphatic carbocycles. The molecule has 2 aromatic heterocycles. The molecule has 1 N–H and O–H groups in total. The lowest BCUT2D eigenvalue weighted by molar-refractivity contribution is -0.139. The first-order valence-electron chi connectivity index (χ1n) is 13.0. The van der Waals surface area contributed by atoms with Gasteiger partial charge in [0.05, 0.1) is 30.8 Å². The second-order valence-electron chi connectivity index (χ2n) is 10.2.